The average Bonchev–Trinajstić information content (AvgIpc) is 2.55. The van der Waals surface area contributed by atoms with Gasteiger partial charge in [-0.15, -0.1) is 0 Å². The molecule has 1 fully saturated rings. The molecule has 3 rings (SSSR count). The normalized spacial score (nSPS) is 21.8. The van der Waals surface area contributed by atoms with Gasteiger partial charge in [-0.1, -0.05) is 30.3 Å². The van der Waals surface area contributed by atoms with Gasteiger partial charge < -0.3 is 10.1 Å². The van der Waals surface area contributed by atoms with Crippen molar-refractivity contribution in [1.29, 1.82) is 0 Å². The number of sulfonamides is 1. The first kappa shape index (κ1) is 15.9. The molecule has 122 valence electrons. The molecule has 1 aromatic heterocycles. The maximum atomic E-state index is 11.7. The molecule has 1 aliphatic heterocycles. The SMILES string of the molecule is NS(=O)(=O)c1cccnc1NC1CCOC(c2ccccc2)C1. The fourth-order valence-corrected chi connectivity index (χ4v) is 3.40. The van der Waals surface area contributed by atoms with Crippen LogP contribution in [0.5, 0.6) is 0 Å². The van der Waals surface area contributed by atoms with Crippen LogP contribution in [0.1, 0.15) is 24.5 Å². The molecule has 1 aromatic carbocycles. The molecule has 1 aliphatic rings. The maximum Gasteiger partial charge on any atom is 0.241 e. The van der Waals surface area contributed by atoms with Crippen LogP contribution in [0.3, 0.4) is 0 Å². The first-order valence-electron chi connectivity index (χ1n) is 7.45. The number of aromatic nitrogens is 1. The first-order chi connectivity index (χ1) is 11.0. The van der Waals surface area contributed by atoms with Gasteiger partial charge in [0.25, 0.3) is 0 Å². The van der Waals surface area contributed by atoms with E-state index in [9.17, 15) is 8.42 Å². The van der Waals surface area contributed by atoms with E-state index in [1.165, 1.54) is 6.07 Å². The predicted molar refractivity (Wildman–Crippen MR) is 87.4 cm³/mol. The van der Waals surface area contributed by atoms with Crippen molar-refractivity contribution in [2.45, 2.75) is 29.9 Å². The predicted octanol–water partition coefficient (Wildman–Crippen LogP) is 2.06. The lowest BCUT2D eigenvalue weighted by molar-refractivity contribution is 0.00971. The summed E-state index contributed by atoms with van der Waals surface area (Å²) in [5, 5.41) is 8.45. The lowest BCUT2D eigenvalue weighted by Crippen LogP contribution is -2.31. The Balaban J connectivity index is 1.76. The van der Waals surface area contributed by atoms with Crippen molar-refractivity contribution in [3.63, 3.8) is 0 Å². The summed E-state index contributed by atoms with van der Waals surface area (Å²) in [4.78, 5) is 4.14. The third-order valence-corrected chi connectivity index (χ3v) is 4.82. The minimum atomic E-state index is -3.81. The summed E-state index contributed by atoms with van der Waals surface area (Å²) in [6.45, 7) is 0.606. The second kappa shape index (κ2) is 6.66. The van der Waals surface area contributed by atoms with Gasteiger partial charge >= 0.3 is 0 Å². The number of ether oxygens (including phenoxy) is 1. The molecule has 23 heavy (non-hydrogen) atoms. The Labute approximate surface area is 135 Å². The molecule has 0 bridgehead atoms. The van der Waals surface area contributed by atoms with Crippen LogP contribution in [0, 0.1) is 0 Å². The minimum Gasteiger partial charge on any atom is -0.373 e. The van der Waals surface area contributed by atoms with Crippen molar-refractivity contribution in [3.05, 3.63) is 54.2 Å². The quantitative estimate of drug-likeness (QED) is 0.893. The molecular formula is C16H19N3O3S. The Morgan fingerprint density at radius 3 is 2.70 bits per heavy atom. The van der Waals surface area contributed by atoms with E-state index < -0.39 is 10.0 Å². The summed E-state index contributed by atoms with van der Waals surface area (Å²) in [5.41, 5.74) is 1.12. The molecule has 6 nitrogen and oxygen atoms in total. The van der Waals surface area contributed by atoms with Crippen LogP contribution in [0.25, 0.3) is 0 Å². The van der Waals surface area contributed by atoms with Crippen LogP contribution in [-0.4, -0.2) is 26.1 Å². The summed E-state index contributed by atoms with van der Waals surface area (Å²) in [7, 11) is -3.81. The van der Waals surface area contributed by atoms with E-state index in [0.717, 1.165) is 18.4 Å². The van der Waals surface area contributed by atoms with E-state index in [0.29, 0.717) is 12.4 Å². The third-order valence-electron chi connectivity index (χ3n) is 3.87. The lowest BCUT2D eigenvalue weighted by Gasteiger charge is -2.31. The molecule has 2 aromatic rings. The van der Waals surface area contributed by atoms with Crippen LogP contribution in [-0.2, 0) is 14.8 Å². The molecular weight excluding hydrogens is 314 g/mol. The highest BCUT2D eigenvalue weighted by Crippen LogP contribution is 2.30. The van der Waals surface area contributed by atoms with Gasteiger partial charge in [0, 0.05) is 18.8 Å². The Kier molecular flexibility index (Phi) is 4.61. The number of primary sulfonamides is 1. The van der Waals surface area contributed by atoms with Crippen LogP contribution >= 0.6 is 0 Å². The van der Waals surface area contributed by atoms with Crippen molar-refractivity contribution in [3.8, 4) is 0 Å². The Hall–Kier alpha value is -1.96. The average molecular weight is 333 g/mol. The fourth-order valence-electron chi connectivity index (χ4n) is 2.75. The zero-order valence-electron chi connectivity index (χ0n) is 12.6. The molecule has 0 saturated carbocycles. The highest BCUT2D eigenvalue weighted by atomic mass is 32.2. The van der Waals surface area contributed by atoms with E-state index in [1.807, 2.05) is 30.3 Å². The number of benzene rings is 1. The molecule has 2 unspecified atom stereocenters. The maximum absolute atomic E-state index is 11.7. The zero-order valence-corrected chi connectivity index (χ0v) is 13.4. The second-order valence-electron chi connectivity index (χ2n) is 5.53. The summed E-state index contributed by atoms with van der Waals surface area (Å²) >= 11 is 0. The summed E-state index contributed by atoms with van der Waals surface area (Å²) in [6.07, 6.45) is 3.06. The lowest BCUT2D eigenvalue weighted by atomic mass is 9.97. The Morgan fingerprint density at radius 2 is 1.96 bits per heavy atom. The number of rotatable bonds is 4. The number of nitrogens with two attached hydrogens (primary N) is 1. The number of anilines is 1. The van der Waals surface area contributed by atoms with E-state index in [2.05, 4.69) is 10.3 Å². The summed E-state index contributed by atoms with van der Waals surface area (Å²) in [5.74, 6) is 0.300. The first-order valence-corrected chi connectivity index (χ1v) is 8.99. The third kappa shape index (κ3) is 3.87. The molecule has 0 aliphatic carbocycles. The topological polar surface area (TPSA) is 94.3 Å². The van der Waals surface area contributed by atoms with Crippen LogP contribution in [0.4, 0.5) is 5.82 Å². The smallest absolute Gasteiger partial charge is 0.241 e. The molecule has 3 N–H and O–H groups in total. The van der Waals surface area contributed by atoms with Gasteiger partial charge in [0.2, 0.25) is 10.0 Å². The molecule has 7 heteroatoms. The van der Waals surface area contributed by atoms with Crippen molar-refractivity contribution in [1.82, 2.24) is 4.98 Å². The number of hydrogen-bond acceptors (Lipinski definition) is 5. The molecule has 0 amide bonds. The highest BCUT2D eigenvalue weighted by Gasteiger charge is 2.25. The monoisotopic (exact) mass is 333 g/mol. The number of hydrogen-bond donors (Lipinski definition) is 2. The Bertz CT molecular complexity index is 765. The zero-order chi connectivity index (χ0) is 16.3. The largest absolute Gasteiger partial charge is 0.373 e. The van der Waals surface area contributed by atoms with Gasteiger partial charge in [0.1, 0.15) is 10.7 Å². The van der Waals surface area contributed by atoms with Gasteiger partial charge in [-0.2, -0.15) is 0 Å². The van der Waals surface area contributed by atoms with Gasteiger partial charge in [-0.3, -0.25) is 0 Å². The Morgan fingerprint density at radius 1 is 1.17 bits per heavy atom. The minimum absolute atomic E-state index is 0.0101. The number of pyridine rings is 1. The van der Waals surface area contributed by atoms with Crippen molar-refractivity contribution in [2.75, 3.05) is 11.9 Å². The van der Waals surface area contributed by atoms with Gasteiger partial charge in [0.05, 0.1) is 6.10 Å². The molecule has 2 heterocycles. The van der Waals surface area contributed by atoms with Gasteiger partial charge in [0.15, 0.2) is 0 Å². The summed E-state index contributed by atoms with van der Waals surface area (Å²) < 4.78 is 29.1. The van der Waals surface area contributed by atoms with Crippen molar-refractivity contribution in [2.24, 2.45) is 5.14 Å². The standard InChI is InChI=1S/C16H19N3O3S/c17-23(20,21)15-7-4-9-18-16(15)19-13-8-10-22-14(11-13)12-5-2-1-3-6-12/h1-7,9,13-14H,8,10-11H2,(H,18,19)(H2,17,20,21). The van der Waals surface area contributed by atoms with Gasteiger partial charge in [-0.05, 0) is 30.5 Å². The number of nitrogens with one attached hydrogen (secondary N) is 1. The second-order valence-corrected chi connectivity index (χ2v) is 7.06. The summed E-state index contributed by atoms with van der Waals surface area (Å²) in [6, 6.07) is 13.1. The van der Waals surface area contributed by atoms with Crippen molar-refractivity contribution >= 4 is 15.8 Å². The number of nitrogens with zero attached hydrogens (tertiary/aromatic N) is 1. The fraction of sp³-hybridized carbons (Fsp3) is 0.312. The highest BCUT2D eigenvalue weighted by molar-refractivity contribution is 7.89. The molecule has 1 saturated heterocycles. The molecule has 2 atom stereocenters. The van der Waals surface area contributed by atoms with E-state index in [-0.39, 0.29) is 17.0 Å². The van der Waals surface area contributed by atoms with E-state index >= 15 is 0 Å². The van der Waals surface area contributed by atoms with Crippen LogP contribution in [0.15, 0.2) is 53.6 Å². The van der Waals surface area contributed by atoms with Gasteiger partial charge in [-0.25, -0.2) is 18.5 Å². The molecule has 0 radical (unpaired) electrons. The van der Waals surface area contributed by atoms with Crippen molar-refractivity contribution < 1.29 is 13.2 Å². The van der Waals surface area contributed by atoms with E-state index in [4.69, 9.17) is 9.88 Å². The molecule has 0 spiro atoms. The van der Waals surface area contributed by atoms with Crippen LogP contribution in [0.2, 0.25) is 0 Å². The van der Waals surface area contributed by atoms with Crippen LogP contribution < -0.4 is 10.5 Å². The van der Waals surface area contributed by atoms with E-state index in [1.54, 1.807) is 12.3 Å².